The van der Waals surface area contributed by atoms with E-state index in [1.165, 1.54) is 0 Å². The monoisotopic (exact) mass is 334 g/mol. The summed E-state index contributed by atoms with van der Waals surface area (Å²) < 4.78 is 6.03. The number of ether oxygens (including phenoxy) is 1. The molecule has 0 saturated carbocycles. The van der Waals surface area contributed by atoms with Crippen LogP contribution in [0.4, 0.5) is 0 Å². The van der Waals surface area contributed by atoms with Crippen LogP contribution in [0.5, 0.6) is 5.75 Å². The van der Waals surface area contributed by atoms with Crippen molar-refractivity contribution in [2.45, 2.75) is 6.54 Å². The van der Waals surface area contributed by atoms with Crippen LogP contribution >= 0.6 is 15.9 Å². The van der Waals surface area contributed by atoms with Gasteiger partial charge in [-0.3, -0.25) is 4.79 Å². The summed E-state index contributed by atoms with van der Waals surface area (Å²) in [7, 11) is 3.38. The Bertz CT molecular complexity index is 599. The van der Waals surface area contributed by atoms with Gasteiger partial charge in [0.05, 0.1) is 7.11 Å². The van der Waals surface area contributed by atoms with Crippen molar-refractivity contribution in [1.29, 1.82) is 0 Å². The van der Waals surface area contributed by atoms with Crippen molar-refractivity contribution >= 4 is 21.8 Å². The second-order valence-corrected chi connectivity index (χ2v) is 5.29. The highest BCUT2D eigenvalue weighted by molar-refractivity contribution is 9.10. The van der Waals surface area contributed by atoms with Gasteiger partial charge < -0.3 is 9.64 Å². The van der Waals surface area contributed by atoms with E-state index in [0.29, 0.717) is 12.2 Å². The lowest BCUT2D eigenvalue weighted by molar-refractivity contribution is 0.0779. The minimum absolute atomic E-state index is 0.111. The molecular weight excluding hydrogens is 320 g/mol. The number of carbonyl (C=O) groups is 1. The highest BCUT2D eigenvalue weighted by atomic mass is 79.9. The first-order valence-corrected chi connectivity index (χ1v) is 6.89. The van der Waals surface area contributed by atoms with E-state index in [4.69, 9.17) is 4.74 Å². The number of rotatable bonds is 4. The number of nitrogens with zero attached hydrogens (tertiary/aromatic N) is 2. The van der Waals surface area contributed by atoms with Gasteiger partial charge in [0.1, 0.15) is 11.4 Å². The quantitative estimate of drug-likeness (QED) is 0.862. The molecule has 0 aliphatic rings. The minimum Gasteiger partial charge on any atom is -0.497 e. The molecule has 1 aromatic carbocycles. The van der Waals surface area contributed by atoms with E-state index in [1.807, 2.05) is 24.3 Å². The van der Waals surface area contributed by atoms with Gasteiger partial charge in [0.15, 0.2) is 0 Å². The van der Waals surface area contributed by atoms with Crippen molar-refractivity contribution < 1.29 is 9.53 Å². The van der Waals surface area contributed by atoms with Gasteiger partial charge in [-0.15, -0.1) is 0 Å². The van der Waals surface area contributed by atoms with Crippen LogP contribution in [0.2, 0.25) is 0 Å². The van der Waals surface area contributed by atoms with Crippen molar-refractivity contribution in [3.8, 4) is 5.75 Å². The van der Waals surface area contributed by atoms with Gasteiger partial charge in [0, 0.05) is 24.3 Å². The van der Waals surface area contributed by atoms with Crippen LogP contribution in [-0.4, -0.2) is 29.9 Å². The Kier molecular flexibility index (Phi) is 4.74. The summed E-state index contributed by atoms with van der Waals surface area (Å²) in [6.07, 6.45) is 1.62. The molecule has 1 heterocycles. The predicted octanol–water partition coefficient (Wildman–Crippen LogP) is 3.12. The van der Waals surface area contributed by atoms with Crippen molar-refractivity contribution in [2.24, 2.45) is 0 Å². The first-order chi connectivity index (χ1) is 9.60. The van der Waals surface area contributed by atoms with E-state index in [2.05, 4.69) is 20.9 Å². The Labute approximate surface area is 126 Å². The summed E-state index contributed by atoms with van der Waals surface area (Å²) >= 11 is 3.30. The molecule has 0 saturated heterocycles. The van der Waals surface area contributed by atoms with E-state index in [-0.39, 0.29) is 5.91 Å². The lowest BCUT2D eigenvalue weighted by Gasteiger charge is -2.17. The molecule has 20 heavy (non-hydrogen) atoms. The molecule has 0 unspecified atom stereocenters. The first-order valence-electron chi connectivity index (χ1n) is 6.10. The van der Waals surface area contributed by atoms with E-state index < -0.39 is 0 Å². The molecule has 1 amide bonds. The van der Waals surface area contributed by atoms with Crippen molar-refractivity contribution in [1.82, 2.24) is 9.88 Å². The number of pyridine rings is 1. The lowest BCUT2D eigenvalue weighted by atomic mass is 10.2. The van der Waals surface area contributed by atoms with Crippen LogP contribution < -0.4 is 4.74 Å². The summed E-state index contributed by atoms with van der Waals surface area (Å²) in [5, 5.41) is 0. The van der Waals surface area contributed by atoms with Gasteiger partial charge in [-0.05, 0) is 45.8 Å². The maximum absolute atomic E-state index is 12.2. The van der Waals surface area contributed by atoms with Crippen molar-refractivity contribution in [2.75, 3.05) is 14.2 Å². The third-order valence-corrected chi connectivity index (χ3v) is 3.32. The first kappa shape index (κ1) is 14.5. The number of hydrogen-bond donors (Lipinski definition) is 0. The van der Waals surface area contributed by atoms with Crippen LogP contribution in [0, 0.1) is 0 Å². The fourth-order valence-electron chi connectivity index (χ4n) is 1.81. The van der Waals surface area contributed by atoms with Crippen LogP contribution in [0.15, 0.2) is 47.1 Å². The largest absolute Gasteiger partial charge is 0.497 e. The lowest BCUT2D eigenvalue weighted by Crippen LogP contribution is -2.26. The second-order valence-electron chi connectivity index (χ2n) is 4.37. The summed E-state index contributed by atoms with van der Waals surface area (Å²) in [5.74, 6) is 0.672. The number of benzene rings is 1. The SMILES string of the molecule is COc1cccc(CN(C)C(=O)c2ccc(Br)cn2)c1. The molecule has 0 aliphatic carbocycles. The summed E-state index contributed by atoms with van der Waals surface area (Å²) in [5.41, 5.74) is 1.44. The molecule has 0 atom stereocenters. The predicted molar refractivity (Wildman–Crippen MR) is 80.7 cm³/mol. The van der Waals surface area contributed by atoms with E-state index in [0.717, 1.165) is 15.8 Å². The highest BCUT2D eigenvalue weighted by Gasteiger charge is 2.13. The zero-order valence-corrected chi connectivity index (χ0v) is 12.9. The molecule has 0 aliphatic heterocycles. The number of methoxy groups -OCH3 is 1. The molecule has 0 N–H and O–H groups in total. The smallest absolute Gasteiger partial charge is 0.272 e. The van der Waals surface area contributed by atoms with E-state index in [9.17, 15) is 4.79 Å². The molecule has 4 nitrogen and oxygen atoms in total. The summed E-state index contributed by atoms with van der Waals surface area (Å²) in [4.78, 5) is 18.0. The average Bonchev–Trinajstić information content (AvgIpc) is 2.47. The highest BCUT2D eigenvalue weighted by Crippen LogP contribution is 2.15. The Morgan fingerprint density at radius 2 is 2.15 bits per heavy atom. The molecule has 104 valence electrons. The van der Waals surface area contributed by atoms with Gasteiger partial charge in [0.2, 0.25) is 0 Å². The molecule has 5 heteroatoms. The number of hydrogen-bond acceptors (Lipinski definition) is 3. The van der Waals surface area contributed by atoms with Crippen LogP contribution in [-0.2, 0) is 6.54 Å². The normalized spacial score (nSPS) is 10.2. The molecule has 1 aromatic heterocycles. The molecule has 0 radical (unpaired) electrons. The fourth-order valence-corrected chi connectivity index (χ4v) is 2.05. The fraction of sp³-hybridized carbons (Fsp3) is 0.200. The van der Waals surface area contributed by atoms with Crippen molar-refractivity contribution in [3.05, 3.63) is 58.3 Å². The number of amides is 1. The van der Waals surface area contributed by atoms with Gasteiger partial charge >= 0.3 is 0 Å². The topological polar surface area (TPSA) is 42.4 Å². The number of halogens is 1. The average molecular weight is 335 g/mol. The maximum atomic E-state index is 12.2. The minimum atomic E-state index is -0.111. The third-order valence-electron chi connectivity index (χ3n) is 2.85. The van der Waals surface area contributed by atoms with Crippen molar-refractivity contribution in [3.63, 3.8) is 0 Å². The Hall–Kier alpha value is -1.88. The number of carbonyl (C=O) groups excluding carboxylic acids is 1. The number of aromatic nitrogens is 1. The summed E-state index contributed by atoms with van der Waals surface area (Å²) in [6.45, 7) is 0.508. The molecule has 0 spiro atoms. The second kappa shape index (κ2) is 6.52. The van der Waals surface area contributed by atoms with Crippen LogP contribution in [0.25, 0.3) is 0 Å². The van der Waals surface area contributed by atoms with E-state index in [1.54, 1.807) is 37.4 Å². The van der Waals surface area contributed by atoms with Gasteiger partial charge in [-0.2, -0.15) is 0 Å². The maximum Gasteiger partial charge on any atom is 0.272 e. The Morgan fingerprint density at radius 3 is 2.80 bits per heavy atom. The zero-order valence-electron chi connectivity index (χ0n) is 11.3. The van der Waals surface area contributed by atoms with E-state index >= 15 is 0 Å². The molecule has 0 bridgehead atoms. The van der Waals surface area contributed by atoms with Gasteiger partial charge in [0.25, 0.3) is 5.91 Å². The third kappa shape index (κ3) is 3.57. The Morgan fingerprint density at radius 1 is 1.35 bits per heavy atom. The Balaban J connectivity index is 2.09. The van der Waals surface area contributed by atoms with Crippen LogP contribution in [0.1, 0.15) is 16.1 Å². The van der Waals surface area contributed by atoms with Gasteiger partial charge in [-0.25, -0.2) is 4.98 Å². The molecule has 0 fully saturated rings. The molecule has 2 rings (SSSR count). The standard InChI is InChI=1S/C15H15BrN2O2/c1-18(10-11-4-3-5-13(8-11)20-2)15(19)14-7-6-12(16)9-17-14/h3-9H,10H2,1-2H3. The zero-order chi connectivity index (χ0) is 14.5. The van der Waals surface area contributed by atoms with Gasteiger partial charge in [-0.1, -0.05) is 12.1 Å². The molecular formula is C15H15BrN2O2. The molecule has 2 aromatic rings. The summed E-state index contributed by atoms with van der Waals surface area (Å²) in [6, 6.07) is 11.2. The van der Waals surface area contributed by atoms with Crippen LogP contribution in [0.3, 0.4) is 0 Å².